The molecule has 3 aromatic carbocycles. The molecule has 5 nitrogen and oxygen atoms in total. The number of aromatic amines is 1. The van der Waals surface area contributed by atoms with E-state index >= 15 is 0 Å². The van der Waals surface area contributed by atoms with Crippen molar-refractivity contribution in [1.29, 1.82) is 0 Å². The minimum absolute atomic E-state index is 0.00272. The lowest BCUT2D eigenvalue weighted by molar-refractivity contribution is 0.104. The summed E-state index contributed by atoms with van der Waals surface area (Å²) in [5.41, 5.74) is 5.78. The van der Waals surface area contributed by atoms with Gasteiger partial charge in [-0.15, -0.1) is 0 Å². The molecule has 132 valence electrons. The van der Waals surface area contributed by atoms with E-state index in [0.717, 1.165) is 33.6 Å². The van der Waals surface area contributed by atoms with Gasteiger partial charge in [-0.25, -0.2) is 0 Å². The summed E-state index contributed by atoms with van der Waals surface area (Å²) in [6.45, 7) is 2.30. The molecule has 2 N–H and O–H groups in total. The van der Waals surface area contributed by atoms with E-state index in [0.29, 0.717) is 11.1 Å². The molecule has 0 amide bonds. The predicted molar refractivity (Wildman–Crippen MR) is 105 cm³/mol. The fourth-order valence-electron chi connectivity index (χ4n) is 3.56. The molecular weight excluding hydrogens is 338 g/mol. The van der Waals surface area contributed by atoms with Crippen LogP contribution < -0.4 is 10.1 Å². The molecule has 0 saturated heterocycles. The molecule has 1 heterocycles. The Labute approximate surface area is 156 Å². The lowest BCUT2D eigenvalue weighted by Crippen LogP contribution is -2.16. The second-order valence-corrected chi connectivity index (χ2v) is 6.64. The van der Waals surface area contributed by atoms with Gasteiger partial charge in [-0.05, 0) is 31.2 Å². The minimum atomic E-state index is 0.00272. The molecule has 1 aromatic heterocycles. The second-order valence-electron chi connectivity index (χ2n) is 6.64. The lowest BCUT2D eigenvalue weighted by atomic mass is 9.86. The number of hydrogen-bond acceptors (Lipinski definition) is 4. The number of aromatic nitrogens is 2. The molecule has 5 rings (SSSR count). The highest BCUT2D eigenvalue weighted by Gasteiger charge is 2.29. The maximum Gasteiger partial charge on any atom is 0.196 e. The lowest BCUT2D eigenvalue weighted by Gasteiger charge is -2.19. The zero-order chi connectivity index (χ0) is 18.4. The quantitative estimate of drug-likeness (QED) is 0.465. The summed E-state index contributed by atoms with van der Waals surface area (Å²) in [7, 11) is 0. The highest BCUT2D eigenvalue weighted by molar-refractivity contribution is 6.27. The van der Waals surface area contributed by atoms with Crippen LogP contribution in [-0.2, 0) is 0 Å². The van der Waals surface area contributed by atoms with Crippen LogP contribution in [0.3, 0.4) is 0 Å². The van der Waals surface area contributed by atoms with Gasteiger partial charge in [0.25, 0.3) is 0 Å². The molecule has 1 aliphatic rings. The summed E-state index contributed by atoms with van der Waals surface area (Å²) in [6.07, 6.45) is 0. The first-order valence-corrected chi connectivity index (χ1v) is 8.81. The van der Waals surface area contributed by atoms with Gasteiger partial charge in [0.1, 0.15) is 11.4 Å². The van der Waals surface area contributed by atoms with Crippen molar-refractivity contribution in [3.8, 4) is 17.0 Å². The van der Waals surface area contributed by atoms with E-state index in [1.54, 1.807) is 0 Å². The molecule has 0 unspecified atom stereocenters. The van der Waals surface area contributed by atoms with Crippen LogP contribution in [-0.4, -0.2) is 22.7 Å². The number of fused-ring (bicyclic) bond motifs is 2. The number of hydrogen-bond donors (Lipinski definition) is 2. The third-order valence-corrected chi connectivity index (χ3v) is 4.90. The molecule has 0 saturated carbocycles. The van der Waals surface area contributed by atoms with E-state index in [2.05, 4.69) is 15.5 Å². The van der Waals surface area contributed by atoms with E-state index in [-0.39, 0.29) is 12.5 Å². The summed E-state index contributed by atoms with van der Waals surface area (Å²) < 4.78 is 5.76. The Hall–Kier alpha value is -3.60. The molecule has 27 heavy (non-hydrogen) atoms. The van der Waals surface area contributed by atoms with Gasteiger partial charge in [0, 0.05) is 22.2 Å². The van der Waals surface area contributed by atoms with Crippen LogP contribution in [0.2, 0.25) is 0 Å². The molecule has 1 aliphatic carbocycles. The van der Waals surface area contributed by atoms with Crippen LogP contribution >= 0.6 is 0 Å². The molecular formula is C22H17N3O2. The summed E-state index contributed by atoms with van der Waals surface area (Å²) in [5.74, 6) is 0.784. The van der Waals surface area contributed by atoms with Gasteiger partial charge in [-0.2, -0.15) is 5.10 Å². The van der Waals surface area contributed by atoms with Gasteiger partial charge >= 0.3 is 0 Å². The van der Waals surface area contributed by atoms with Crippen LogP contribution in [0.1, 0.15) is 21.5 Å². The minimum Gasteiger partial charge on any atom is -0.473 e. The average molecular weight is 355 g/mol. The Balaban J connectivity index is 1.49. The van der Waals surface area contributed by atoms with E-state index in [4.69, 9.17) is 4.74 Å². The second kappa shape index (κ2) is 5.99. The number of H-pyrrole nitrogens is 1. The number of aryl methyl sites for hydroxylation is 1. The Kier molecular flexibility index (Phi) is 3.47. The molecule has 0 spiro atoms. The molecule has 0 atom stereocenters. The Bertz CT molecular complexity index is 1180. The monoisotopic (exact) mass is 355 g/mol. The standard InChI is InChI=1S/C22H17N3O2/c1-13-8-10-14(11-9-13)27-12-23-17-6-2-4-15-20(17)22(26)16-5-3-7-18-19(16)21(15)25-24-18/h2-11,23H,12H2,1H3,(H,24,25). The zero-order valence-corrected chi connectivity index (χ0v) is 14.7. The number of nitrogens with zero attached hydrogens (tertiary/aromatic N) is 1. The maximum atomic E-state index is 13.2. The molecule has 0 fully saturated rings. The summed E-state index contributed by atoms with van der Waals surface area (Å²) >= 11 is 0. The number of carbonyl (C=O) groups excluding carboxylic acids is 1. The van der Waals surface area contributed by atoms with Crippen molar-refractivity contribution in [1.82, 2.24) is 10.2 Å². The number of nitrogens with one attached hydrogen (secondary N) is 2. The Morgan fingerprint density at radius 3 is 2.63 bits per heavy atom. The number of rotatable bonds is 4. The maximum absolute atomic E-state index is 13.2. The fourth-order valence-corrected chi connectivity index (χ4v) is 3.56. The van der Waals surface area contributed by atoms with Crippen molar-refractivity contribution >= 4 is 22.4 Å². The highest BCUT2D eigenvalue weighted by atomic mass is 16.5. The summed E-state index contributed by atoms with van der Waals surface area (Å²) in [5, 5.41) is 11.6. The highest BCUT2D eigenvalue weighted by Crippen LogP contribution is 2.40. The van der Waals surface area contributed by atoms with Crippen molar-refractivity contribution < 1.29 is 9.53 Å². The third-order valence-electron chi connectivity index (χ3n) is 4.90. The molecule has 0 aliphatic heterocycles. The first-order valence-electron chi connectivity index (χ1n) is 8.81. The van der Waals surface area contributed by atoms with Crippen molar-refractivity contribution in [3.63, 3.8) is 0 Å². The number of benzene rings is 3. The normalized spacial score (nSPS) is 12.1. The zero-order valence-electron chi connectivity index (χ0n) is 14.7. The first kappa shape index (κ1) is 15.6. The van der Waals surface area contributed by atoms with E-state index in [9.17, 15) is 4.79 Å². The molecule has 0 bridgehead atoms. The van der Waals surface area contributed by atoms with Gasteiger partial charge in [-0.3, -0.25) is 9.89 Å². The number of ether oxygens (including phenoxy) is 1. The fraction of sp³-hybridized carbons (Fsp3) is 0.0909. The summed E-state index contributed by atoms with van der Waals surface area (Å²) in [6, 6.07) is 19.3. The van der Waals surface area contributed by atoms with Crippen molar-refractivity contribution in [3.05, 3.63) is 77.4 Å². The number of ketones is 1. The van der Waals surface area contributed by atoms with Crippen LogP contribution in [0.5, 0.6) is 5.75 Å². The van der Waals surface area contributed by atoms with Crippen LogP contribution in [0.25, 0.3) is 22.2 Å². The van der Waals surface area contributed by atoms with Gasteiger partial charge in [-0.1, -0.05) is 42.0 Å². The van der Waals surface area contributed by atoms with Crippen molar-refractivity contribution in [2.75, 3.05) is 12.0 Å². The number of carbonyl (C=O) groups is 1. The third kappa shape index (κ3) is 2.47. The topological polar surface area (TPSA) is 67.0 Å². The van der Waals surface area contributed by atoms with E-state index in [1.165, 1.54) is 5.56 Å². The summed E-state index contributed by atoms with van der Waals surface area (Å²) in [4.78, 5) is 13.2. The largest absolute Gasteiger partial charge is 0.473 e. The first-order chi connectivity index (χ1) is 13.2. The predicted octanol–water partition coefficient (Wildman–Crippen LogP) is 4.53. The van der Waals surface area contributed by atoms with Crippen molar-refractivity contribution in [2.24, 2.45) is 0 Å². The van der Waals surface area contributed by atoms with Gasteiger partial charge in [0.2, 0.25) is 0 Å². The average Bonchev–Trinajstić information content (AvgIpc) is 3.13. The van der Waals surface area contributed by atoms with Gasteiger partial charge in [0.15, 0.2) is 12.5 Å². The van der Waals surface area contributed by atoms with Crippen LogP contribution in [0.15, 0.2) is 60.7 Å². The van der Waals surface area contributed by atoms with Crippen molar-refractivity contribution in [2.45, 2.75) is 6.92 Å². The smallest absolute Gasteiger partial charge is 0.196 e. The van der Waals surface area contributed by atoms with E-state index in [1.807, 2.05) is 67.6 Å². The van der Waals surface area contributed by atoms with Gasteiger partial charge < -0.3 is 10.1 Å². The van der Waals surface area contributed by atoms with E-state index < -0.39 is 0 Å². The Morgan fingerprint density at radius 1 is 1.00 bits per heavy atom. The van der Waals surface area contributed by atoms with Gasteiger partial charge in [0.05, 0.1) is 11.1 Å². The van der Waals surface area contributed by atoms with Crippen LogP contribution in [0, 0.1) is 6.92 Å². The SMILES string of the molecule is Cc1ccc(OCNc2cccc3c2C(=O)c2cccc4[nH]nc-3c24)cc1. The molecule has 5 heteroatoms. The Morgan fingerprint density at radius 2 is 1.78 bits per heavy atom. The number of anilines is 1. The molecule has 4 aromatic rings. The van der Waals surface area contributed by atoms with Crippen LogP contribution in [0.4, 0.5) is 5.69 Å². The molecule has 0 radical (unpaired) electrons.